The van der Waals surface area contributed by atoms with Gasteiger partial charge in [0, 0.05) is 52.0 Å². The SMILES string of the molecule is CCC1(CC)CN(CCOCCCOC)CCN1. The van der Waals surface area contributed by atoms with E-state index in [2.05, 4.69) is 24.1 Å². The summed E-state index contributed by atoms with van der Waals surface area (Å²) in [6.45, 7) is 11.5. The summed E-state index contributed by atoms with van der Waals surface area (Å²) >= 11 is 0. The molecule has 0 aromatic heterocycles. The van der Waals surface area contributed by atoms with Crippen LogP contribution in [0.1, 0.15) is 33.1 Å². The van der Waals surface area contributed by atoms with Crippen LogP contribution >= 0.6 is 0 Å². The molecular weight excluding hydrogens is 228 g/mol. The Morgan fingerprint density at radius 1 is 1.17 bits per heavy atom. The number of piperazine rings is 1. The smallest absolute Gasteiger partial charge is 0.0593 e. The van der Waals surface area contributed by atoms with Gasteiger partial charge in [0.2, 0.25) is 0 Å². The topological polar surface area (TPSA) is 33.7 Å². The van der Waals surface area contributed by atoms with Gasteiger partial charge in [-0.1, -0.05) is 13.8 Å². The molecule has 1 N–H and O–H groups in total. The van der Waals surface area contributed by atoms with Gasteiger partial charge in [0.05, 0.1) is 6.61 Å². The van der Waals surface area contributed by atoms with Crippen molar-refractivity contribution in [3.05, 3.63) is 0 Å². The molecule has 1 saturated heterocycles. The zero-order chi connectivity index (χ0) is 13.3. The van der Waals surface area contributed by atoms with E-state index < -0.39 is 0 Å². The van der Waals surface area contributed by atoms with Crippen molar-refractivity contribution in [2.75, 3.05) is 53.1 Å². The van der Waals surface area contributed by atoms with Crippen LogP contribution in [0.4, 0.5) is 0 Å². The van der Waals surface area contributed by atoms with Crippen LogP contribution in [0.3, 0.4) is 0 Å². The number of hydrogen-bond donors (Lipinski definition) is 1. The molecule has 0 unspecified atom stereocenters. The first kappa shape index (κ1) is 15.9. The molecule has 0 aliphatic carbocycles. The molecule has 0 radical (unpaired) electrons. The summed E-state index contributed by atoms with van der Waals surface area (Å²) in [4.78, 5) is 2.53. The minimum atomic E-state index is 0.328. The van der Waals surface area contributed by atoms with E-state index in [-0.39, 0.29) is 0 Å². The minimum absolute atomic E-state index is 0.328. The van der Waals surface area contributed by atoms with E-state index >= 15 is 0 Å². The Hall–Kier alpha value is -0.160. The number of hydrogen-bond acceptors (Lipinski definition) is 4. The van der Waals surface area contributed by atoms with Crippen LogP contribution in [-0.2, 0) is 9.47 Å². The van der Waals surface area contributed by atoms with Gasteiger partial charge in [-0.3, -0.25) is 4.90 Å². The third kappa shape index (κ3) is 5.22. The lowest BCUT2D eigenvalue weighted by molar-refractivity contribution is 0.0604. The van der Waals surface area contributed by atoms with Gasteiger partial charge in [0.1, 0.15) is 0 Å². The van der Waals surface area contributed by atoms with Crippen LogP contribution in [0.2, 0.25) is 0 Å². The third-order valence-electron chi connectivity index (χ3n) is 4.00. The predicted octanol–water partition coefficient (Wildman–Crippen LogP) is 1.50. The molecule has 0 bridgehead atoms. The normalized spacial score (nSPS) is 20.2. The predicted molar refractivity (Wildman–Crippen MR) is 75.1 cm³/mol. The van der Waals surface area contributed by atoms with Crippen molar-refractivity contribution in [2.45, 2.75) is 38.6 Å². The van der Waals surface area contributed by atoms with Crippen LogP contribution in [0, 0.1) is 0 Å². The maximum atomic E-state index is 5.63. The van der Waals surface area contributed by atoms with Gasteiger partial charge in [-0.2, -0.15) is 0 Å². The van der Waals surface area contributed by atoms with Crippen molar-refractivity contribution in [3.8, 4) is 0 Å². The van der Waals surface area contributed by atoms with Crippen molar-refractivity contribution < 1.29 is 9.47 Å². The zero-order valence-electron chi connectivity index (χ0n) is 12.3. The molecular formula is C14H30N2O2. The van der Waals surface area contributed by atoms with E-state index in [1.807, 2.05) is 0 Å². The minimum Gasteiger partial charge on any atom is -0.385 e. The van der Waals surface area contributed by atoms with E-state index in [1.54, 1.807) is 7.11 Å². The highest BCUT2D eigenvalue weighted by Gasteiger charge is 2.31. The molecule has 1 aliphatic heterocycles. The maximum absolute atomic E-state index is 5.63. The largest absolute Gasteiger partial charge is 0.385 e. The highest BCUT2D eigenvalue weighted by Crippen LogP contribution is 2.19. The van der Waals surface area contributed by atoms with Crippen LogP contribution in [0.15, 0.2) is 0 Å². The summed E-state index contributed by atoms with van der Waals surface area (Å²) in [5.74, 6) is 0. The number of rotatable bonds is 9. The number of ether oxygens (including phenoxy) is 2. The average molecular weight is 258 g/mol. The summed E-state index contributed by atoms with van der Waals surface area (Å²) in [7, 11) is 1.73. The summed E-state index contributed by atoms with van der Waals surface area (Å²) in [5.41, 5.74) is 0.328. The van der Waals surface area contributed by atoms with Crippen LogP contribution in [-0.4, -0.2) is 63.5 Å². The van der Waals surface area contributed by atoms with E-state index in [1.165, 1.54) is 12.8 Å². The summed E-state index contributed by atoms with van der Waals surface area (Å²) in [6, 6.07) is 0. The first-order valence-electron chi connectivity index (χ1n) is 7.30. The Morgan fingerprint density at radius 2 is 1.94 bits per heavy atom. The molecule has 1 fully saturated rings. The number of nitrogens with zero attached hydrogens (tertiary/aromatic N) is 1. The van der Waals surface area contributed by atoms with Crippen LogP contribution in [0.25, 0.3) is 0 Å². The van der Waals surface area contributed by atoms with Crippen molar-refractivity contribution in [1.82, 2.24) is 10.2 Å². The van der Waals surface area contributed by atoms with E-state index in [0.29, 0.717) is 5.54 Å². The van der Waals surface area contributed by atoms with Gasteiger partial charge >= 0.3 is 0 Å². The van der Waals surface area contributed by atoms with E-state index in [0.717, 1.165) is 52.4 Å². The summed E-state index contributed by atoms with van der Waals surface area (Å²) in [6.07, 6.45) is 3.40. The first-order chi connectivity index (χ1) is 8.76. The second-order valence-electron chi connectivity index (χ2n) is 5.15. The number of nitrogens with one attached hydrogen (secondary N) is 1. The molecule has 0 spiro atoms. The first-order valence-corrected chi connectivity index (χ1v) is 7.30. The molecule has 1 rings (SSSR count). The lowest BCUT2D eigenvalue weighted by Crippen LogP contribution is -2.60. The lowest BCUT2D eigenvalue weighted by Gasteiger charge is -2.43. The summed E-state index contributed by atoms with van der Waals surface area (Å²) in [5, 5.41) is 3.68. The van der Waals surface area contributed by atoms with Crippen molar-refractivity contribution in [3.63, 3.8) is 0 Å². The fourth-order valence-corrected chi connectivity index (χ4v) is 2.56. The molecule has 0 aromatic rings. The molecule has 4 nitrogen and oxygen atoms in total. The molecule has 108 valence electrons. The van der Waals surface area contributed by atoms with Crippen molar-refractivity contribution in [2.24, 2.45) is 0 Å². The molecule has 4 heteroatoms. The molecule has 0 atom stereocenters. The van der Waals surface area contributed by atoms with E-state index in [4.69, 9.17) is 9.47 Å². The molecule has 1 aliphatic rings. The van der Waals surface area contributed by atoms with Gasteiger partial charge in [-0.05, 0) is 19.3 Å². The van der Waals surface area contributed by atoms with Gasteiger partial charge < -0.3 is 14.8 Å². The number of methoxy groups -OCH3 is 1. The Balaban J connectivity index is 2.14. The van der Waals surface area contributed by atoms with Gasteiger partial charge in [0.25, 0.3) is 0 Å². The Kier molecular flexibility index (Phi) is 7.82. The van der Waals surface area contributed by atoms with Gasteiger partial charge in [-0.25, -0.2) is 0 Å². The maximum Gasteiger partial charge on any atom is 0.0593 e. The molecule has 0 aromatic carbocycles. The highest BCUT2D eigenvalue weighted by atomic mass is 16.5. The zero-order valence-corrected chi connectivity index (χ0v) is 12.3. The van der Waals surface area contributed by atoms with E-state index in [9.17, 15) is 0 Å². The molecule has 18 heavy (non-hydrogen) atoms. The van der Waals surface area contributed by atoms with Gasteiger partial charge in [-0.15, -0.1) is 0 Å². The van der Waals surface area contributed by atoms with Gasteiger partial charge in [0.15, 0.2) is 0 Å². The highest BCUT2D eigenvalue weighted by molar-refractivity contribution is 4.92. The average Bonchev–Trinajstić information content (AvgIpc) is 2.43. The molecule has 0 saturated carbocycles. The fraction of sp³-hybridized carbons (Fsp3) is 1.00. The van der Waals surface area contributed by atoms with Crippen molar-refractivity contribution >= 4 is 0 Å². The lowest BCUT2D eigenvalue weighted by atomic mass is 9.90. The van der Waals surface area contributed by atoms with Crippen LogP contribution < -0.4 is 5.32 Å². The Bertz CT molecular complexity index is 208. The van der Waals surface area contributed by atoms with Crippen LogP contribution in [0.5, 0.6) is 0 Å². The second kappa shape index (κ2) is 8.86. The second-order valence-corrected chi connectivity index (χ2v) is 5.15. The third-order valence-corrected chi connectivity index (χ3v) is 4.00. The van der Waals surface area contributed by atoms with Crippen molar-refractivity contribution in [1.29, 1.82) is 0 Å². The molecule has 0 amide bonds. The fourth-order valence-electron chi connectivity index (χ4n) is 2.56. The monoisotopic (exact) mass is 258 g/mol. The Morgan fingerprint density at radius 3 is 2.61 bits per heavy atom. The molecule has 1 heterocycles. The Labute approximate surface area is 112 Å². The summed E-state index contributed by atoms with van der Waals surface area (Å²) < 4.78 is 10.6. The standard InChI is InChI=1S/C14H30N2O2/c1-4-14(5-2)13-16(8-7-15-14)9-12-18-11-6-10-17-3/h15H,4-13H2,1-3H3. The quantitative estimate of drug-likeness (QED) is 0.636.